The molecule has 0 radical (unpaired) electrons. The van der Waals surface area contributed by atoms with E-state index in [1.807, 2.05) is 6.07 Å². The summed E-state index contributed by atoms with van der Waals surface area (Å²) in [5.41, 5.74) is 1.31. The van der Waals surface area contributed by atoms with E-state index in [-0.39, 0.29) is 0 Å². The first kappa shape index (κ1) is 16.3. The van der Waals surface area contributed by atoms with Crippen LogP contribution in [0.3, 0.4) is 0 Å². The van der Waals surface area contributed by atoms with Gasteiger partial charge >= 0.3 is 0 Å². The molecule has 3 heteroatoms. The second-order valence-corrected chi connectivity index (χ2v) is 6.00. The molecule has 21 heavy (non-hydrogen) atoms. The number of ether oxygens (including phenoxy) is 1. The zero-order valence-corrected chi connectivity index (χ0v) is 13.8. The average Bonchev–Trinajstić information content (AvgIpc) is 2.57. The van der Waals surface area contributed by atoms with E-state index in [4.69, 9.17) is 4.74 Å². The Balaban J connectivity index is 2.05. The summed E-state index contributed by atoms with van der Waals surface area (Å²) in [4.78, 5) is 2.65. The molecule has 0 amide bonds. The molecule has 0 spiro atoms. The number of hydrogen-bond acceptors (Lipinski definition) is 3. The molecular weight excluding hydrogens is 260 g/mol. The molecule has 1 N–H and O–H groups in total. The van der Waals surface area contributed by atoms with E-state index in [9.17, 15) is 0 Å². The van der Waals surface area contributed by atoms with Crippen LogP contribution in [0.5, 0.6) is 5.75 Å². The summed E-state index contributed by atoms with van der Waals surface area (Å²) < 4.78 is 5.36. The largest absolute Gasteiger partial charge is 0.497 e. The van der Waals surface area contributed by atoms with Gasteiger partial charge in [0.2, 0.25) is 0 Å². The van der Waals surface area contributed by atoms with E-state index in [2.05, 4.69) is 42.4 Å². The van der Waals surface area contributed by atoms with E-state index in [1.54, 1.807) is 7.11 Å². The molecule has 3 nitrogen and oxygen atoms in total. The van der Waals surface area contributed by atoms with Gasteiger partial charge in [0.1, 0.15) is 5.75 Å². The lowest BCUT2D eigenvalue weighted by molar-refractivity contribution is 0.149. The van der Waals surface area contributed by atoms with Gasteiger partial charge in [-0.1, -0.05) is 38.3 Å². The molecule has 0 heterocycles. The van der Waals surface area contributed by atoms with E-state index >= 15 is 0 Å². The molecule has 1 aromatic carbocycles. The van der Waals surface area contributed by atoms with Gasteiger partial charge in [-0.3, -0.25) is 4.90 Å². The number of methoxy groups -OCH3 is 1. The number of likely N-dealkylation sites (N-methyl/N-ethyl adjacent to an activating group) is 2. The molecule has 0 aromatic heterocycles. The lowest BCUT2D eigenvalue weighted by atomic mass is 9.93. The lowest BCUT2D eigenvalue weighted by Crippen LogP contribution is -2.41. The fraction of sp³-hybridized carbons (Fsp3) is 0.667. The summed E-state index contributed by atoms with van der Waals surface area (Å²) >= 11 is 0. The quantitative estimate of drug-likeness (QED) is 0.830. The third-order valence-electron chi connectivity index (χ3n) is 4.76. The second-order valence-electron chi connectivity index (χ2n) is 6.00. The Bertz CT molecular complexity index is 415. The maximum atomic E-state index is 5.36. The molecule has 118 valence electrons. The molecule has 1 aliphatic carbocycles. The topological polar surface area (TPSA) is 24.5 Å². The maximum absolute atomic E-state index is 5.36. The predicted molar refractivity (Wildman–Crippen MR) is 88.9 cm³/mol. The monoisotopic (exact) mass is 290 g/mol. The Kier molecular flexibility index (Phi) is 6.52. The van der Waals surface area contributed by atoms with Crippen molar-refractivity contribution in [2.75, 3.05) is 27.2 Å². The first-order valence-corrected chi connectivity index (χ1v) is 8.33. The van der Waals surface area contributed by atoms with Crippen molar-refractivity contribution in [2.24, 2.45) is 0 Å². The maximum Gasteiger partial charge on any atom is 0.119 e. The summed E-state index contributed by atoms with van der Waals surface area (Å²) in [7, 11) is 3.78. The second kappa shape index (κ2) is 8.40. The molecule has 1 fully saturated rings. The Morgan fingerprint density at radius 2 is 2.05 bits per heavy atom. The average molecular weight is 290 g/mol. The predicted octanol–water partition coefficient (Wildman–Crippen LogP) is 3.61. The standard InChI is InChI=1S/C18H30N2O/c1-4-20(16-10-6-5-7-11-16)14-18(19-2)15-9-8-12-17(13-15)21-3/h8-9,12-13,16,18-19H,4-7,10-11,14H2,1-3H3. The van der Waals surface area contributed by atoms with Gasteiger partial charge in [0.05, 0.1) is 7.11 Å². The van der Waals surface area contributed by atoms with Crippen LogP contribution < -0.4 is 10.1 Å². The third kappa shape index (κ3) is 4.45. The Morgan fingerprint density at radius 3 is 2.67 bits per heavy atom. The van der Waals surface area contributed by atoms with Crippen molar-refractivity contribution in [3.05, 3.63) is 29.8 Å². The zero-order chi connectivity index (χ0) is 15.1. The molecule has 1 aliphatic rings. The molecule has 1 unspecified atom stereocenters. The highest BCUT2D eigenvalue weighted by Crippen LogP contribution is 2.25. The van der Waals surface area contributed by atoms with Crippen LogP contribution >= 0.6 is 0 Å². The number of nitrogens with one attached hydrogen (secondary N) is 1. The van der Waals surface area contributed by atoms with Gasteiger partial charge in [-0.15, -0.1) is 0 Å². The van der Waals surface area contributed by atoms with Crippen LogP contribution in [0.25, 0.3) is 0 Å². The Hall–Kier alpha value is -1.06. The minimum Gasteiger partial charge on any atom is -0.497 e. The number of rotatable bonds is 7. The van der Waals surface area contributed by atoms with Crippen molar-refractivity contribution < 1.29 is 4.74 Å². The highest BCUT2D eigenvalue weighted by atomic mass is 16.5. The Morgan fingerprint density at radius 1 is 1.29 bits per heavy atom. The van der Waals surface area contributed by atoms with Gasteiger partial charge in [-0.05, 0) is 44.1 Å². The summed E-state index contributed by atoms with van der Waals surface area (Å²) in [6, 6.07) is 9.56. The van der Waals surface area contributed by atoms with Crippen molar-refractivity contribution in [1.29, 1.82) is 0 Å². The molecule has 0 bridgehead atoms. The third-order valence-corrected chi connectivity index (χ3v) is 4.76. The number of hydrogen-bond donors (Lipinski definition) is 1. The first-order valence-electron chi connectivity index (χ1n) is 8.33. The van der Waals surface area contributed by atoms with Gasteiger partial charge in [0.15, 0.2) is 0 Å². The lowest BCUT2D eigenvalue weighted by Gasteiger charge is -2.36. The van der Waals surface area contributed by atoms with Crippen LogP contribution in [0.2, 0.25) is 0 Å². The van der Waals surface area contributed by atoms with Gasteiger partial charge in [0.25, 0.3) is 0 Å². The summed E-state index contributed by atoms with van der Waals surface area (Å²) in [6.45, 7) is 4.49. The molecule has 2 rings (SSSR count). The van der Waals surface area contributed by atoms with Crippen LogP contribution in [0.15, 0.2) is 24.3 Å². The van der Waals surface area contributed by atoms with Gasteiger partial charge in [-0.25, -0.2) is 0 Å². The van der Waals surface area contributed by atoms with E-state index in [0.29, 0.717) is 6.04 Å². The first-order chi connectivity index (χ1) is 10.3. The fourth-order valence-electron chi connectivity index (χ4n) is 3.44. The minimum absolute atomic E-state index is 0.363. The van der Waals surface area contributed by atoms with Crippen LogP contribution in [0.4, 0.5) is 0 Å². The highest BCUT2D eigenvalue weighted by Gasteiger charge is 2.22. The number of nitrogens with zero attached hydrogens (tertiary/aromatic N) is 1. The minimum atomic E-state index is 0.363. The fourth-order valence-corrected chi connectivity index (χ4v) is 3.44. The molecule has 0 aliphatic heterocycles. The highest BCUT2D eigenvalue weighted by molar-refractivity contribution is 5.30. The zero-order valence-electron chi connectivity index (χ0n) is 13.8. The van der Waals surface area contributed by atoms with Crippen molar-refractivity contribution in [3.63, 3.8) is 0 Å². The summed E-state index contributed by atoms with van der Waals surface area (Å²) in [6.07, 6.45) is 6.93. The molecule has 1 atom stereocenters. The molecule has 1 saturated carbocycles. The van der Waals surface area contributed by atoms with E-state index < -0.39 is 0 Å². The van der Waals surface area contributed by atoms with Crippen molar-refractivity contribution in [2.45, 2.75) is 51.1 Å². The molecule has 1 aromatic rings. The van der Waals surface area contributed by atoms with Crippen LogP contribution in [-0.4, -0.2) is 38.2 Å². The van der Waals surface area contributed by atoms with Gasteiger partial charge in [-0.2, -0.15) is 0 Å². The number of benzene rings is 1. The smallest absolute Gasteiger partial charge is 0.119 e. The van der Waals surface area contributed by atoms with Crippen molar-refractivity contribution >= 4 is 0 Å². The molecule has 0 saturated heterocycles. The Labute approximate surface area is 129 Å². The van der Waals surface area contributed by atoms with E-state index in [1.165, 1.54) is 37.7 Å². The van der Waals surface area contributed by atoms with Crippen LogP contribution in [0, 0.1) is 0 Å². The SMILES string of the molecule is CCN(CC(NC)c1cccc(OC)c1)C1CCCCC1. The van der Waals surface area contributed by atoms with Crippen molar-refractivity contribution in [3.8, 4) is 5.75 Å². The van der Waals surface area contributed by atoms with Crippen molar-refractivity contribution in [1.82, 2.24) is 10.2 Å². The summed E-state index contributed by atoms with van der Waals surface area (Å²) in [5.74, 6) is 0.938. The summed E-state index contributed by atoms with van der Waals surface area (Å²) in [5, 5.41) is 3.48. The normalized spacial score (nSPS) is 17.9. The van der Waals surface area contributed by atoms with Gasteiger partial charge < -0.3 is 10.1 Å². The van der Waals surface area contributed by atoms with Crippen LogP contribution in [0.1, 0.15) is 50.6 Å². The van der Waals surface area contributed by atoms with Crippen LogP contribution in [-0.2, 0) is 0 Å². The molecular formula is C18H30N2O. The van der Waals surface area contributed by atoms with E-state index in [0.717, 1.165) is 24.9 Å². The van der Waals surface area contributed by atoms with Gasteiger partial charge in [0, 0.05) is 18.6 Å².